The van der Waals surface area contributed by atoms with Crippen molar-refractivity contribution in [1.82, 2.24) is 25.2 Å². The van der Waals surface area contributed by atoms with Gasteiger partial charge in [-0.1, -0.05) is 16.8 Å². The first-order chi connectivity index (χ1) is 18.5. The largest absolute Gasteiger partial charge is 0.461 e. The van der Waals surface area contributed by atoms with Crippen molar-refractivity contribution in [3.63, 3.8) is 0 Å². The van der Waals surface area contributed by atoms with Gasteiger partial charge in [-0.3, -0.25) is 14.3 Å². The number of piperidine rings is 1. The molecule has 13 heteroatoms. The van der Waals surface area contributed by atoms with Crippen LogP contribution in [0, 0.1) is 0 Å². The minimum Gasteiger partial charge on any atom is -0.461 e. The fourth-order valence-electron chi connectivity index (χ4n) is 4.33. The van der Waals surface area contributed by atoms with E-state index in [1.54, 1.807) is 26.0 Å². The lowest BCUT2D eigenvalue weighted by molar-refractivity contribution is -0.147. The number of halogens is 1. The highest BCUT2D eigenvalue weighted by Gasteiger charge is 2.31. The number of carbonyl (C=O) groups is 3. The summed E-state index contributed by atoms with van der Waals surface area (Å²) in [6, 6.07) is 5.53. The Labute approximate surface area is 235 Å². The smallest absolute Gasteiger partial charge is 0.331 e. The first kappa shape index (κ1) is 28.9. The van der Waals surface area contributed by atoms with E-state index in [0.29, 0.717) is 21.8 Å². The molecule has 1 aliphatic rings. The van der Waals surface area contributed by atoms with E-state index < -0.39 is 23.9 Å². The topological polar surface area (TPSA) is 146 Å². The predicted octanol–water partition coefficient (Wildman–Crippen LogP) is 3.37. The maximum Gasteiger partial charge on any atom is 0.331 e. The van der Waals surface area contributed by atoms with Crippen molar-refractivity contribution in [3.05, 3.63) is 45.7 Å². The van der Waals surface area contributed by atoms with Gasteiger partial charge in [0.1, 0.15) is 17.1 Å². The average Bonchev–Trinajstić information content (AvgIpc) is 3.63. The van der Waals surface area contributed by atoms with E-state index in [-0.39, 0.29) is 29.9 Å². The minimum absolute atomic E-state index is 0.0134. The van der Waals surface area contributed by atoms with Crippen LogP contribution < -0.4 is 11.1 Å². The first-order valence-electron chi connectivity index (χ1n) is 12.9. The summed E-state index contributed by atoms with van der Waals surface area (Å²) in [5.41, 5.74) is 6.39. The van der Waals surface area contributed by atoms with Gasteiger partial charge in [0.05, 0.1) is 21.9 Å². The second-order valence-electron chi connectivity index (χ2n) is 10.1. The number of nitrogens with zero attached hydrogens (tertiary/aromatic N) is 4. The van der Waals surface area contributed by atoms with Crippen molar-refractivity contribution in [3.8, 4) is 10.6 Å². The Hall–Kier alpha value is -3.06. The number of rotatable bonds is 10. The van der Waals surface area contributed by atoms with Gasteiger partial charge in [0, 0.05) is 37.3 Å². The van der Waals surface area contributed by atoms with Gasteiger partial charge in [0.15, 0.2) is 11.8 Å². The van der Waals surface area contributed by atoms with Gasteiger partial charge in [-0.05, 0) is 52.7 Å². The van der Waals surface area contributed by atoms with Crippen molar-refractivity contribution in [1.29, 1.82) is 0 Å². The monoisotopic (exact) mass is 576 g/mol. The Bertz CT molecular complexity index is 1320. The second-order valence-corrected chi connectivity index (χ2v) is 11.8. The maximum absolute atomic E-state index is 13.4. The molecule has 3 N–H and O–H groups in total. The summed E-state index contributed by atoms with van der Waals surface area (Å²) in [4.78, 5) is 41.8. The second kappa shape index (κ2) is 12.4. The number of nitrogens with one attached hydrogen (secondary N) is 1. The number of ketones is 1. The van der Waals surface area contributed by atoms with Crippen LogP contribution in [0.2, 0.25) is 4.34 Å². The van der Waals surface area contributed by atoms with Crippen LogP contribution in [-0.2, 0) is 16.1 Å². The Morgan fingerprint density at radius 2 is 1.92 bits per heavy atom. The van der Waals surface area contributed by atoms with E-state index in [0.717, 1.165) is 30.8 Å². The van der Waals surface area contributed by atoms with E-state index in [2.05, 4.69) is 34.3 Å². The highest BCUT2D eigenvalue weighted by atomic mass is 35.5. The molecule has 11 nitrogen and oxygen atoms in total. The molecule has 1 unspecified atom stereocenters. The van der Waals surface area contributed by atoms with Gasteiger partial charge in [-0.15, -0.1) is 11.3 Å². The fourth-order valence-corrected chi connectivity index (χ4v) is 5.33. The van der Waals surface area contributed by atoms with E-state index in [9.17, 15) is 14.4 Å². The molecule has 1 aliphatic heterocycles. The number of hydrogen-bond acceptors (Lipinski definition) is 10. The van der Waals surface area contributed by atoms with Crippen LogP contribution in [0.4, 0.5) is 0 Å². The molecule has 1 fully saturated rings. The maximum atomic E-state index is 13.4. The molecule has 0 saturated carbocycles. The fraction of sp³-hybridized carbons (Fsp3) is 0.500. The molecule has 210 valence electrons. The summed E-state index contributed by atoms with van der Waals surface area (Å²) < 4.78 is 12.5. The van der Waals surface area contributed by atoms with Crippen LogP contribution in [0.15, 0.2) is 28.8 Å². The molecular formula is C26H33ClN6O5S. The van der Waals surface area contributed by atoms with Gasteiger partial charge < -0.3 is 25.2 Å². The number of Topliss-reactive ketones (excluding diaryl/α,β-unsaturated/α-hetero) is 1. The van der Waals surface area contributed by atoms with Crippen molar-refractivity contribution in [2.24, 2.45) is 5.73 Å². The number of esters is 1. The van der Waals surface area contributed by atoms with Crippen molar-refractivity contribution >= 4 is 40.6 Å². The van der Waals surface area contributed by atoms with Gasteiger partial charge in [-0.2, -0.15) is 5.10 Å². The zero-order chi connectivity index (χ0) is 28.3. The molecule has 0 aromatic carbocycles. The van der Waals surface area contributed by atoms with Crippen LogP contribution in [0.1, 0.15) is 67.2 Å². The predicted molar refractivity (Wildman–Crippen MR) is 147 cm³/mol. The number of amides is 1. The number of ether oxygens (including phenoxy) is 1. The summed E-state index contributed by atoms with van der Waals surface area (Å²) in [5, 5.41) is 11.5. The van der Waals surface area contributed by atoms with E-state index in [1.165, 1.54) is 22.1 Å². The molecule has 3 aromatic heterocycles. The van der Waals surface area contributed by atoms with E-state index in [1.807, 2.05) is 6.07 Å². The van der Waals surface area contributed by atoms with Gasteiger partial charge in [0.2, 0.25) is 5.78 Å². The Morgan fingerprint density at radius 3 is 2.54 bits per heavy atom. The molecule has 0 aliphatic carbocycles. The zero-order valence-corrected chi connectivity index (χ0v) is 23.9. The first-order valence-corrected chi connectivity index (χ1v) is 14.1. The zero-order valence-electron chi connectivity index (χ0n) is 22.3. The third-order valence-electron chi connectivity index (χ3n) is 6.44. The third-order valence-corrected chi connectivity index (χ3v) is 7.68. The number of nitrogens with two attached hydrogens (primary N) is 1. The number of aromatic nitrogens is 3. The average molecular weight is 577 g/mol. The van der Waals surface area contributed by atoms with Crippen LogP contribution in [0.5, 0.6) is 0 Å². The molecule has 0 radical (unpaired) electrons. The van der Waals surface area contributed by atoms with Gasteiger partial charge in [0.25, 0.3) is 5.91 Å². The molecule has 0 bridgehead atoms. The minimum atomic E-state index is -1.56. The summed E-state index contributed by atoms with van der Waals surface area (Å²) in [7, 11) is 0. The summed E-state index contributed by atoms with van der Waals surface area (Å²) in [6.45, 7) is 9.44. The molecule has 1 amide bonds. The molecule has 4 heterocycles. The Morgan fingerprint density at radius 1 is 1.21 bits per heavy atom. The summed E-state index contributed by atoms with van der Waals surface area (Å²) in [5.74, 6) is -1.46. The van der Waals surface area contributed by atoms with Crippen LogP contribution in [0.25, 0.3) is 10.6 Å². The van der Waals surface area contributed by atoms with Crippen molar-refractivity contribution < 1.29 is 23.6 Å². The van der Waals surface area contributed by atoms with Crippen LogP contribution in [0.3, 0.4) is 0 Å². The lowest BCUT2D eigenvalue weighted by Crippen LogP contribution is -2.46. The number of thiophene rings is 1. The quantitative estimate of drug-likeness (QED) is 0.211. The van der Waals surface area contributed by atoms with Crippen LogP contribution in [-0.4, -0.2) is 74.8 Å². The Kier molecular flexibility index (Phi) is 9.21. The Balaban J connectivity index is 1.56. The lowest BCUT2D eigenvalue weighted by atomic mass is 10.0. The number of hydrogen-bond donors (Lipinski definition) is 2. The van der Waals surface area contributed by atoms with E-state index >= 15 is 0 Å². The summed E-state index contributed by atoms with van der Waals surface area (Å²) in [6.07, 6.45) is 1.19. The number of carbonyl (C=O) groups excluding carboxylic acids is 3. The molecule has 1 saturated heterocycles. The molecule has 0 spiro atoms. The normalized spacial score (nSPS) is 15.6. The lowest BCUT2D eigenvalue weighted by Gasteiger charge is -2.34. The molecule has 3 aromatic rings. The number of likely N-dealkylation sites (tertiary alicyclic amines) is 1. The molecule has 1 atom stereocenters. The molecule has 39 heavy (non-hydrogen) atoms. The highest BCUT2D eigenvalue weighted by molar-refractivity contribution is 7.19. The van der Waals surface area contributed by atoms with Gasteiger partial charge in [-0.25, -0.2) is 4.79 Å². The van der Waals surface area contributed by atoms with E-state index in [4.69, 9.17) is 26.6 Å². The molecule has 4 rings (SSSR count). The van der Waals surface area contributed by atoms with Crippen LogP contribution >= 0.6 is 22.9 Å². The van der Waals surface area contributed by atoms with Crippen molar-refractivity contribution in [2.75, 3.05) is 13.1 Å². The summed E-state index contributed by atoms with van der Waals surface area (Å²) >= 11 is 7.38. The SMILES string of the molecule is CC(C)OC(=O)C(N)C(=O)c1cc(C(=O)NC2CCN(C(C)C)CC2)n(Cc2cc(-c3ccc(Cl)s3)on2)n1. The van der Waals surface area contributed by atoms with Gasteiger partial charge >= 0.3 is 5.97 Å². The molecular weight excluding hydrogens is 544 g/mol. The third kappa shape index (κ3) is 7.13. The standard InChI is InChI=1S/C26H33ClN6O5S/c1-14(2)32-9-7-16(8-10-32)29-25(35)19-12-18(24(34)23(28)26(36)37-15(3)4)30-33(19)13-17-11-20(38-31-17)21-5-6-22(27)39-21/h5-6,11-12,14-16,23H,7-10,13,28H2,1-4H3,(H,29,35). The van der Waals surface area contributed by atoms with Crippen molar-refractivity contribution in [2.45, 2.75) is 71.3 Å². The highest BCUT2D eigenvalue weighted by Crippen LogP contribution is 2.31.